The van der Waals surface area contributed by atoms with Gasteiger partial charge in [0.2, 0.25) is 0 Å². The highest BCUT2D eigenvalue weighted by atomic mass is 35.5. The molecule has 0 bridgehead atoms. The SMILES string of the molecule is C=C1/C=C\C(Cl)=C/CCCCN1C(=O)N1CC2(C1)CN(C(/N=C\C)=C(/C)P)C2. The summed E-state index contributed by atoms with van der Waals surface area (Å²) in [5.74, 6) is 1.03. The van der Waals surface area contributed by atoms with Crippen molar-refractivity contribution in [1.29, 1.82) is 0 Å². The Labute approximate surface area is 175 Å². The summed E-state index contributed by atoms with van der Waals surface area (Å²) in [6.45, 7) is 12.3. The van der Waals surface area contributed by atoms with Crippen LogP contribution in [0.4, 0.5) is 4.79 Å². The van der Waals surface area contributed by atoms with Crippen molar-refractivity contribution < 1.29 is 4.79 Å². The number of halogens is 1. The Morgan fingerprint density at radius 3 is 2.57 bits per heavy atom. The molecule has 7 heteroatoms. The quantitative estimate of drug-likeness (QED) is 0.485. The summed E-state index contributed by atoms with van der Waals surface area (Å²) in [6, 6.07) is 0.0592. The van der Waals surface area contributed by atoms with E-state index in [2.05, 4.69) is 32.6 Å². The lowest BCUT2D eigenvalue weighted by molar-refractivity contribution is -0.0832. The summed E-state index contributed by atoms with van der Waals surface area (Å²) in [6.07, 6.45) is 10.4. The van der Waals surface area contributed by atoms with Gasteiger partial charge >= 0.3 is 6.03 Å². The first-order valence-corrected chi connectivity index (χ1v) is 10.8. The molecule has 28 heavy (non-hydrogen) atoms. The van der Waals surface area contributed by atoms with Crippen LogP contribution < -0.4 is 0 Å². The molecule has 0 aromatic rings. The summed E-state index contributed by atoms with van der Waals surface area (Å²) in [5, 5.41) is 1.85. The lowest BCUT2D eigenvalue weighted by Crippen LogP contribution is -2.73. The molecule has 0 N–H and O–H groups in total. The molecule has 1 atom stereocenters. The summed E-state index contributed by atoms with van der Waals surface area (Å²) in [7, 11) is 2.74. The van der Waals surface area contributed by atoms with Gasteiger partial charge in [-0.2, -0.15) is 0 Å². The maximum Gasteiger partial charge on any atom is 0.324 e. The van der Waals surface area contributed by atoms with Crippen LogP contribution in [-0.4, -0.2) is 59.7 Å². The molecule has 3 rings (SSSR count). The van der Waals surface area contributed by atoms with Crippen LogP contribution in [-0.2, 0) is 0 Å². The molecule has 0 aromatic carbocycles. The largest absolute Gasteiger partial charge is 0.355 e. The topological polar surface area (TPSA) is 39.2 Å². The third-order valence-electron chi connectivity index (χ3n) is 5.47. The second-order valence-corrected chi connectivity index (χ2v) is 9.25. The number of amides is 2. The van der Waals surface area contributed by atoms with Crippen LogP contribution in [0.25, 0.3) is 0 Å². The van der Waals surface area contributed by atoms with Crippen LogP contribution in [0.5, 0.6) is 0 Å². The molecule has 2 amide bonds. The van der Waals surface area contributed by atoms with Crippen molar-refractivity contribution in [2.24, 2.45) is 10.4 Å². The maximum atomic E-state index is 13.0. The van der Waals surface area contributed by atoms with E-state index in [9.17, 15) is 4.79 Å². The fraction of sp³-hybridized carbons (Fsp3) is 0.524. The Morgan fingerprint density at radius 2 is 1.93 bits per heavy atom. The van der Waals surface area contributed by atoms with Gasteiger partial charge in [0.05, 0.1) is 0 Å². The highest BCUT2D eigenvalue weighted by molar-refractivity contribution is 7.22. The van der Waals surface area contributed by atoms with Crippen molar-refractivity contribution in [3.63, 3.8) is 0 Å². The van der Waals surface area contributed by atoms with E-state index in [0.717, 1.165) is 56.6 Å². The fourth-order valence-corrected chi connectivity index (χ4v) is 4.52. The van der Waals surface area contributed by atoms with Gasteiger partial charge in [0, 0.05) is 55.1 Å². The lowest BCUT2D eigenvalue weighted by Gasteiger charge is -2.61. The predicted molar refractivity (Wildman–Crippen MR) is 120 cm³/mol. The normalized spacial score (nSPS) is 26.4. The number of allylic oxidation sites excluding steroid dienone is 5. The van der Waals surface area contributed by atoms with Crippen LogP contribution in [0.15, 0.2) is 51.7 Å². The monoisotopic (exact) mass is 420 g/mol. The number of nitrogens with zero attached hydrogens (tertiary/aromatic N) is 4. The molecule has 152 valence electrons. The highest BCUT2D eigenvalue weighted by Crippen LogP contribution is 2.43. The fourth-order valence-electron chi connectivity index (χ4n) is 4.09. The van der Waals surface area contributed by atoms with Gasteiger partial charge in [0.15, 0.2) is 0 Å². The molecule has 3 aliphatic heterocycles. The minimum absolute atomic E-state index is 0.0592. The Hall–Kier alpha value is -1.58. The number of likely N-dealkylation sites (tertiary alicyclic amines) is 2. The molecule has 2 saturated heterocycles. The van der Waals surface area contributed by atoms with Crippen LogP contribution in [0, 0.1) is 5.41 Å². The number of carbonyl (C=O) groups excluding carboxylic acids is 1. The van der Waals surface area contributed by atoms with Crippen LogP contribution >= 0.6 is 20.8 Å². The van der Waals surface area contributed by atoms with Crippen LogP contribution in [0.1, 0.15) is 33.1 Å². The summed E-state index contributed by atoms with van der Waals surface area (Å²) in [5.41, 5.74) is 0.917. The van der Waals surface area contributed by atoms with E-state index in [1.54, 1.807) is 4.90 Å². The van der Waals surface area contributed by atoms with Gasteiger partial charge < -0.3 is 9.80 Å². The first-order chi connectivity index (χ1) is 13.3. The lowest BCUT2D eigenvalue weighted by atomic mass is 9.73. The van der Waals surface area contributed by atoms with Crippen LogP contribution in [0.3, 0.4) is 0 Å². The number of carbonyl (C=O) groups is 1. The van der Waals surface area contributed by atoms with Crippen LogP contribution in [0.2, 0.25) is 0 Å². The number of rotatable bonds is 2. The van der Waals surface area contributed by atoms with E-state index in [1.165, 1.54) is 0 Å². The van der Waals surface area contributed by atoms with Crippen molar-refractivity contribution in [3.8, 4) is 0 Å². The van der Waals surface area contributed by atoms with E-state index in [4.69, 9.17) is 11.6 Å². The first-order valence-electron chi connectivity index (χ1n) is 9.84. The van der Waals surface area contributed by atoms with Gasteiger partial charge in [-0.15, -0.1) is 9.24 Å². The van der Waals surface area contributed by atoms with E-state index >= 15 is 0 Å². The molecule has 1 unspecified atom stereocenters. The van der Waals surface area contributed by atoms with E-state index in [0.29, 0.717) is 17.3 Å². The Bertz CT molecular complexity index is 752. The average Bonchev–Trinajstić information content (AvgIpc) is 2.58. The molecule has 0 aromatic heterocycles. The van der Waals surface area contributed by atoms with E-state index in [-0.39, 0.29) is 11.4 Å². The van der Waals surface area contributed by atoms with Crippen molar-refractivity contribution >= 4 is 33.1 Å². The highest BCUT2D eigenvalue weighted by Gasteiger charge is 2.54. The molecule has 0 radical (unpaired) electrons. The Balaban J connectivity index is 1.58. The zero-order chi connectivity index (χ0) is 20.3. The van der Waals surface area contributed by atoms with E-state index in [1.807, 2.05) is 36.3 Å². The smallest absolute Gasteiger partial charge is 0.324 e. The average molecular weight is 421 g/mol. The number of urea groups is 1. The molecule has 3 heterocycles. The Morgan fingerprint density at radius 1 is 1.25 bits per heavy atom. The molecule has 3 aliphatic rings. The number of hydrogen-bond donors (Lipinski definition) is 0. The second kappa shape index (κ2) is 8.84. The van der Waals surface area contributed by atoms with Gasteiger partial charge in [0.25, 0.3) is 0 Å². The first kappa shape index (κ1) is 21.1. The van der Waals surface area contributed by atoms with Crippen molar-refractivity contribution in [3.05, 3.63) is 46.7 Å². The van der Waals surface area contributed by atoms with Gasteiger partial charge in [-0.25, -0.2) is 9.79 Å². The molecule has 0 saturated carbocycles. The third kappa shape index (κ3) is 4.52. The minimum Gasteiger partial charge on any atom is -0.355 e. The summed E-state index contributed by atoms with van der Waals surface area (Å²) in [4.78, 5) is 23.6. The van der Waals surface area contributed by atoms with Gasteiger partial charge in [-0.05, 0) is 50.6 Å². The van der Waals surface area contributed by atoms with Gasteiger partial charge in [-0.1, -0.05) is 24.3 Å². The van der Waals surface area contributed by atoms with E-state index < -0.39 is 0 Å². The molecular weight excluding hydrogens is 391 g/mol. The number of hydrogen-bond acceptors (Lipinski definition) is 3. The van der Waals surface area contributed by atoms with Crippen molar-refractivity contribution in [2.45, 2.75) is 33.1 Å². The molecule has 5 nitrogen and oxygen atoms in total. The molecule has 0 aliphatic carbocycles. The summed E-state index contributed by atoms with van der Waals surface area (Å²) >= 11 is 6.16. The Kier molecular flexibility index (Phi) is 6.67. The van der Waals surface area contributed by atoms with Crippen molar-refractivity contribution in [2.75, 3.05) is 32.7 Å². The van der Waals surface area contributed by atoms with Crippen molar-refractivity contribution in [1.82, 2.24) is 14.7 Å². The minimum atomic E-state index is 0.0592. The zero-order valence-electron chi connectivity index (χ0n) is 16.8. The third-order valence-corrected chi connectivity index (χ3v) is 6.01. The molecule has 2 fully saturated rings. The van der Waals surface area contributed by atoms with Gasteiger partial charge in [0.1, 0.15) is 5.82 Å². The van der Waals surface area contributed by atoms with Gasteiger partial charge in [-0.3, -0.25) is 4.90 Å². The standard InChI is InChI=1S/C21H30ClN4OP/c1-4-23-19(17(3)28)24-12-21(13-24)14-25(15-21)20(27)26-11-7-5-6-8-18(22)10-9-16(26)2/h4,8-10H,2,5-7,11-15,28H2,1,3H3/b10-9-,18-8+,19-17-,23-4-. The molecule has 1 spiro atoms. The maximum absolute atomic E-state index is 13.0. The predicted octanol–water partition coefficient (Wildman–Crippen LogP) is 4.56. The molecular formula is C21H30ClN4OP. The zero-order valence-corrected chi connectivity index (χ0v) is 18.7. The summed E-state index contributed by atoms with van der Waals surface area (Å²) < 4.78 is 0. The second-order valence-electron chi connectivity index (χ2n) is 7.95. The number of aliphatic imine (C=N–C) groups is 1.